The van der Waals surface area contributed by atoms with E-state index in [1.807, 2.05) is 25.1 Å². The van der Waals surface area contributed by atoms with Crippen LogP contribution in [0.15, 0.2) is 18.2 Å². The highest BCUT2D eigenvalue weighted by molar-refractivity contribution is 5.36. The predicted molar refractivity (Wildman–Crippen MR) is 69.1 cm³/mol. The summed E-state index contributed by atoms with van der Waals surface area (Å²) in [7, 11) is 0. The van der Waals surface area contributed by atoms with Crippen LogP contribution >= 0.6 is 0 Å². The molecule has 0 amide bonds. The molecular weight excluding hydrogens is 212 g/mol. The van der Waals surface area contributed by atoms with Crippen LogP contribution in [-0.2, 0) is 6.61 Å². The molecule has 0 spiro atoms. The molecule has 2 atom stereocenters. The minimum Gasteiger partial charge on any atom is -0.490 e. The van der Waals surface area contributed by atoms with Crippen molar-refractivity contribution in [1.82, 2.24) is 0 Å². The van der Waals surface area contributed by atoms with E-state index in [1.54, 1.807) is 0 Å². The molecular formula is C15H22O2. The summed E-state index contributed by atoms with van der Waals surface area (Å²) in [6.45, 7) is 4.38. The average Bonchev–Trinajstić information content (AvgIpc) is 2.31. The number of hydrogen-bond donors (Lipinski definition) is 1. The lowest BCUT2D eigenvalue weighted by Gasteiger charge is -2.28. The molecule has 0 aliphatic heterocycles. The molecule has 2 rings (SSSR count). The molecule has 2 unspecified atom stereocenters. The number of aliphatic hydroxyl groups is 1. The maximum Gasteiger partial charge on any atom is 0.125 e. The summed E-state index contributed by atoms with van der Waals surface area (Å²) < 4.78 is 6.04. The van der Waals surface area contributed by atoms with Crippen molar-refractivity contribution in [3.05, 3.63) is 29.3 Å². The highest BCUT2D eigenvalue weighted by Gasteiger charge is 2.20. The molecule has 0 heterocycles. The number of benzene rings is 1. The molecule has 1 saturated carbocycles. The van der Waals surface area contributed by atoms with Crippen LogP contribution in [0, 0.1) is 12.8 Å². The van der Waals surface area contributed by atoms with Crippen molar-refractivity contribution in [1.29, 1.82) is 0 Å². The van der Waals surface area contributed by atoms with Gasteiger partial charge in [-0.25, -0.2) is 0 Å². The average molecular weight is 234 g/mol. The largest absolute Gasteiger partial charge is 0.490 e. The molecule has 0 radical (unpaired) electrons. The topological polar surface area (TPSA) is 29.5 Å². The normalized spacial score (nSPS) is 24.6. The second-order valence-corrected chi connectivity index (χ2v) is 5.28. The lowest BCUT2D eigenvalue weighted by atomic mass is 9.88. The van der Waals surface area contributed by atoms with Crippen LogP contribution in [0.3, 0.4) is 0 Å². The summed E-state index contributed by atoms with van der Waals surface area (Å²) in [6.07, 6.45) is 5.18. The third kappa shape index (κ3) is 3.22. The summed E-state index contributed by atoms with van der Waals surface area (Å²) in [5.41, 5.74) is 2.07. The second-order valence-electron chi connectivity index (χ2n) is 5.28. The lowest BCUT2D eigenvalue weighted by molar-refractivity contribution is 0.125. The van der Waals surface area contributed by atoms with E-state index in [2.05, 4.69) is 6.92 Å². The highest BCUT2D eigenvalue weighted by Crippen LogP contribution is 2.29. The van der Waals surface area contributed by atoms with Crippen molar-refractivity contribution >= 4 is 0 Å². The maximum atomic E-state index is 9.34. The third-order valence-electron chi connectivity index (χ3n) is 3.57. The Morgan fingerprint density at radius 2 is 2.18 bits per heavy atom. The maximum absolute atomic E-state index is 9.34. The van der Waals surface area contributed by atoms with Gasteiger partial charge in [-0.15, -0.1) is 0 Å². The second kappa shape index (κ2) is 5.54. The van der Waals surface area contributed by atoms with Crippen molar-refractivity contribution in [3.8, 4) is 5.75 Å². The van der Waals surface area contributed by atoms with Gasteiger partial charge in [0.1, 0.15) is 5.75 Å². The molecule has 0 saturated heterocycles. The summed E-state index contributed by atoms with van der Waals surface area (Å²) in [6, 6.07) is 6.03. The van der Waals surface area contributed by atoms with E-state index in [1.165, 1.54) is 18.4 Å². The molecule has 1 aliphatic rings. The molecule has 2 nitrogen and oxygen atoms in total. The number of rotatable bonds is 3. The quantitative estimate of drug-likeness (QED) is 0.868. The van der Waals surface area contributed by atoms with Gasteiger partial charge in [0.05, 0.1) is 12.7 Å². The van der Waals surface area contributed by atoms with Gasteiger partial charge in [-0.3, -0.25) is 0 Å². The molecule has 17 heavy (non-hydrogen) atoms. The van der Waals surface area contributed by atoms with Gasteiger partial charge in [-0.05, 0) is 38.2 Å². The van der Waals surface area contributed by atoms with Crippen LogP contribution in [0.25, 0.3) is 0 Å². The van der Waals surface area contributed by atoms with Crippen molar-refractivity contribution in [2.45, 2.75) is 52.2 Å². The van der Waals surface area contributed by atoms with Gasteiger partial charge in [0, 0.05) is 5.56 Å². The molecule has 1 aliphatic carbocycles. The Morgan fingerprint density at radius 1 is 1.35 bits per heavy atom. The standard InChI is InChI=1S/C15H22O2/c1-11-4-3-5-14(9-11)17-15-7-6-12(2)8-13(15)10-16/h6-8,11,14,16H,3-5,9-10H2,1-2H3. The Balaban J connectivity index is 2.07. The molecule has 94 valence electrons. The van der Waals surface area contributed by atoms with Crippen molar-refractivity contribution in [3.63, 3.8) is 0 Å². The van der Waals surface area contributed by atoms with Crippen LogP contribution in [0.5, 0.6) is 5.75 Å². The van der Waals surface area contributed by atoms with E-state index in [-0.39, 0.29) is 6.61 Å². The van der Waals surface area contributed by atoms with Crippen LogP contribution in [0.4, 0.5) is 0 Å². The molecule has 0 aromatic heterocycles. The van der Waals surface area contributed by atoms with Crippen LogP contribution in [0.2, 0.25) is 0 Å². The Morgan fingerprint density at radius 3 is 2.88 bits per heavy atom. The van der Waals surface area contributed by atoms with Gasteiger partial charge >= 0.3 is 0 Å². The van der Waals surface area contributed by atoms with Gasteiger partial charge < -0.3 is 9.84 Å². The minimum absolute atomic E-state index is 0.0548. The van der Waals surface area contributed by atoms with E-state index >= 15 is 0 Å². The molecule has 2 heteroatoms. The van der Waals surface area contributed by atoms with Crippen molar-refractivity contribution in [2.24, 2.45) is 5.92 Å². The van der Waals surface area contributed by atoms with Crippen molar-refractivity contribution in [2.75, 3.05) is 0 Å². The van der Waals surface area contributed by atoms with E-state index in [0.717, 1.165) is 30.1 Å². The summed E-state index contributed by atoms with van der Waals surface area (Å²) in [4.78, 5) is 0. The predicted octanol–water partition coefficient (Wildman–Crippen LogP) is 3.44. The first-order valence-corrected chi connectivity index (χ1v) is 6.56. The minimum atomic E-state index is 0.0548. The number of hydrogen-bond acceptors (Lipinski definition) is 2. The zero-order valence-electron chi connectivity index (χ0n) is 10.8. The molecule has 1 fully saturated rings. The van der Waals surface area contributed by atoms with Gasteiger partial charge in [-0.1, -0.05) is 31.0 Å². The molecule has 1 N–H and O–H groups in total. The number of aliphatic hydroxyl groups excluding tert-OH is 1. The van der Waals surface area contributed by atoms with Gasteiger partial charge in [0.25, 0.3) is 0 Å². The molecule has 0 bridgehead atoms. The first-order chi connectivity index (χ1) is 8.19. The zero-order chi connectivity index (χ0) is 12.3. The van der Waals surface area contributed by atoms with Crippen molar-refractivity contribution < 1.29 is 9.84 Å². The Kier molecular flexibility index (Phi) is 4.06. The molecule has 1 aromatic carbocycles. The fourth-order valence-corrected chi connectivity index (χ4v) is 2.61. The van der Waals surface area contributed by atoms with Crippen LogP contribution in [0.1, 0.15) is 43.7 Å². The fraction of sp³-hybridized carbons (Fsp3) is 0.600. The Labute approximate surface area is 104 Å². The first-order valence-electron chi connectivity index (χ1n) is 6.56. The van der Waals surface area contributed by atoms with E-state index in [4.69, 9.17) is 4.74 Å². The summed E-state index contributed by atoms with van der Waals surface area (Å²) in [5.74, 6) is 1.62. The van der Waals surface area contributed by atoms with Gasteiger partial charge in [-0.2, -0.15) is 0 Å². The molecule has 1 aromatic rings. The highest BCUT2D eigenvalue weighted by atomic mass is 16.5. The lowest BCUT2D eigenvalue weighted by Crippen LogP contribution is -2.24. The Bertz CT molecular complexity index is 373. The number of aryl methyl sites for hydroxylation is 1. The van der Waals surface area contributed by atoms with E-state index in [9.17, 15) is 5.11 Å². The van der Waals surface area contributed by atoms with Gasteiger partial charge in [0.2, 0.25) is 0 Å². The summed E-state index contributed by atoms with van der Waals surface area (Å²) >= 11 is 0. The third-order valence-corrected chi connectivity index (χ3v) is 3.57. The smallest absolute Gasteiger partial charge is 0.125 e. The van der Waals surface area contributed by atoms with Gasteiger partial charge in [0.15, 0.2) is 0 Å². The first kappa shape index (κ1) is 12.4. The monoisotopic (exact) mass is 234 g/mol. The van der Waals surface area contributed by atoms with Crippen LogP contribution in [-0.4, -0.2) is 11.2 Å². The SMILES string of the molecule is Cc1ccc(OC2CCCC(C)C2)c(CO)c1. The van der Waals surface area contributed by atoms with E-state index in [0.29, 0.717) is 6.10 Å². The summed E-state index contributed by atoms with van der Waals surface area (Å²) in [5, 5.41) is 9.34. The Hall–Kier alpha value is -1.02. The number of ether oxygens (including phenoxy) is 1. The van der Waals surface area contributed by atoms with Crippen LogP contribution < -0.4 is 4.74 Å². The zero-order valence-corrected chi connectivity index (χ0v) is 10.8. The van der Waals surface area contributed by atoms with E-state index < -0.39 is 0 Å². The fourth-order valence-electron chi connectivity index (χ4n) is 2.61.